The Morgan fingerprint density at radius 1 is 1.24 bits per heavy atom. The maximum Gasteiger partial charge on any atom is 0.389 e. The van der Waals surface area contributed by atoms with Gasteiger partial charge in [0.2, 0.25) is 5.91 Å². The van der Waals surface area contributed by atoms with Crippen LogP contribution in [0.2, 0.25) is 0 Å². The molecule has 1 N–H and O–H groups in total. The van der Waals surface area contributed by atoms with Crippen molar-refractivity contribution < 1.29 is 9.72 Å². The highest BCUT2D eigenvalue weighted by Crippen LogP contribution is 2.10. The average Bonchev–Trinajstić information content (AvgIpc) is 3.19. The maximum absolute atomic E-state index is 12.0. The molecule has 0 spiro atoms. The quantitative estimate of drug-likeness (QED) is 0.545. The smallest absolute Gasteiger partial charge is 0.358 e. The van der Waals surface area contributed by atoms with Crippen molar-refractivity contribution in [2.45, 2.75) is 20.0 Å². The molecule has 0 aliphatic carbocycles. The summed E-state index contributed by atoms with van der Waals surface area (Å²) in [7, 11) is 0. The Kier molecular flexibility index (Phi) is 4.55. The fourth-order valence-electron chi connectivity index (χ4n) is 2.28. The number of benzene rings is 1. The van der Waals surface area contributed by atoms with Crippen LogP contribution in [0.1, 0.15) is 11.1 Å². The molecule has 0 saturated carbocycles. The van der Waals surface area contributed by atoms with Crippen LogP contribution < -0.4 is 5.32 Å². The Balaban J connectivity index is 1.57. The van der Waals surface area contributed by atoms with Crippen LogP contribution >= 0.6 is 0 Å². The highest BCUT2D eigenvalue weighted by Gasteiger charge is 2.13. The number of hydrogen-bond acceptors (Lipinski definition) is 5. The summed E-state index contributed by atoms with van der Waals surface area (Å²) in [5, 5.41) is 21.2. The Hall–Kier alpha value is -3.49. The number of carbonyl (C=O) groups excluding carboxylic acids is 1. The minimum atomic E-state index is -0.608. The van der Waals surface area contributed by atoms with E-state index in [0.29, 0.717) is 12.2 Å². The fraction of sp³-hybridized carbons (Fsp3) is 0.188. The number of amides is 1. The molecular formula is C16H16N6O3. The van der Waals surface area contributed by atoms with Gasteiger partial charge in [-0.3, -0.25) is 9.48 Å². The average molecular weight is 340 g/mol. The second kappa shape index (κ2) is 6.95. The molecule has 3 rings (SSSR count). The van der Waals surface area contributed by atoms with Crippen molar-refractivity contribution in [2.24, 2.45) is 0 Å². The predicted molar refractivity (Wildman–Crippen MR) is 90.0 cm³/mol. The number of nitrogens with zero attached hydrogens (tertiary/aromatic N) is 5. The Morgan fingerprint density at radius 3 is 2.68 bits per heavy atom. The predicted octanol–water partition coefficient (Wildman–Crippen LogP) is 1.98. The van der Waals surface area contributed by atoms with Gasteiger partial charge in [-0.05, 0) is 17.4 Å². The van der Waals surface area contributed by atoms with Gasteiger partial charge in [0.25, 0.3) is 0 Å². The van der Waals surface area contributed by atoms with E-state index in [1.54, 1.807) is 17.1 Å². The van der Waals surface area contributed by atoms with Crippen molar-refractivity contribution in [1.82, 2.24) is 19.6 Å². The van der Waals surface area contributed by atoms with E-state index in [-0.39, 0.29) is 18.3 Å². The molecule has 0 aliphatic heterocycles. The van der Waals surface area contributed by atoms with Gasteiger partial charge in [-0.2, -0.15) is 9.78 Å². The monoisotopic (exact) mass is 340 g/mol. The first-order chi connectivity index (χ1) is 12.0. The number of rotatable bonds is 6. The lowest BCUT2D eigenvalue weighted by Crippen LogP contribution is -2.18. The second-order valence-electron chi connectivity index (χ2n) is 5.59. The van der Waals surface area contributed by atoms with E-state index < -0.39 is 4.92 Å². The standard InChI is InChI=1S/C16H16N6O3/c1-12-2-4-13(5-3-12)9-21-10-14(8-17-21)18-16(23)11-20-7-6-15(19-20)22(24)25/h2-8,10H,9,11H2,1H3,(H,18,23). The van der Waals surface area contributed by atoms with Crippen molar-refractivity contribution in [3.63, 3.8) is 0 Å². The molecule has 25 heavy (non-hydrogen) atoms. The lowest BCUT2D eigenvalue weighted by molar-refractivity contribution is -0.389. The molecule has 0 unspecified atom stereocenters. The molecule has 0 bridgehead atoms. The number of anilines is 1. The van der Waals surface area contributed by atoms with Crippen molar-refractivity contribution >= 4 is 17.4 Å². The third-order valence-electron chi connectivity index (χ3n) is 3.50. The van der Waals surface area contributed by atoms with Crippen LogP contribution in [-0.4, -0.2) is 30.4 Å². The van der Waals surface area contributed by atoms with Crippen molar-refractivity contribution in [2.75, 3.05) is 5.32 Å². The molecule has 2 aromatic heterocycles. The van der Waals surface area contributed by atoms with Crippen LogP contribution in [0.3, 0.4) is 0 Å². The SMILES string of the molecule is Cc1ccc(Cn2cc(NC(=O)Cn3ccc([N+](=O)[O-])n3)cn2)cc1. The molecular weight excluding hydrogens is 324 g/mol. The number of hydrogen-bond donors (Lipinski definition) is 1. The van der Waals surface area contributed by atoms with E-state index in [9.17, 15) is 14.9 Å². The van der Waals surface area contributed by atoms with Gasteiger partial charge in [0, 0.05) is 6.20 Å². The van der Waals surface area contributed by atoms with E-state index in [1.807, 2.05) is 31.2 Å². The number of aromatic nitrogens is 4. The molecule has 0 atom stereocenters. The largest absolute Gasteiger partial charge is 0.389 e. The first-order valence-electron chi connectivity index (χ1n) is 7.55. The second-order valence-corrected chi connectivity index (χ2v) is 5.59. The summed E-state index contributed by atoms with van der Waals surface area (Å²) >= 11 is 0. The highest BCUT2D eigenvalue weighted by atomic mass is 16.6. The minimum Gasteiger partial charge on any atom is -0.358 e. The van der Waals surface area contributed by atoms with Gasteiger partial charge in [-0.1, -0.05) is 29.8 Å². The molecule has 0 saturated heterocycles. The van der Waals surface area contributed by atoms with Gasteiger partial charge in [0.05, 0.1) is 35.8 Å². The van der Waals surface area contributed by atoms with Crippen LogP contribution in [0.15, 0.2) is 48.9 Å². The van der Waals surface area contributed by atoms with E-state index in [4.69, 9.17) is 0 Å². The van der Waals surface area contributed by atoms with Crippen molar-refractivity contribution in [3.05, 3.63) is 70.2 Å². The van der Waals surface area contributed by atoms with E-state index in [1.165, 1.54) is 22.5 Å². The van der Waals surface area contributed by atoms with Crippen LogP contribution in [0, 0.1) is 17.0 Å². The summed E-state index contributed by atoms with van der Waals surface area (Å²) in [6.45, 7) is 2.51. The van der Waals surface area contributed by atoms with Crippen LogP contribution in [0.25, 0.3) is 0 Å². The van der Waals surface area contributed by atoms with Crippen LogP contribution in [0.4, 0.5) is 11.5 Å². The number of carbonyl (C=O) groups is 1. The van der Waals surface area contributed by atoms with Gasteiger partial charge >= 0.3 is 5.82 Å². The first kappa shape index (κ1) is 16.4. The van der Waals surface area contributed by atoms with E-state index in [2.05, 4.69) is 15.5 Å². The molecule has 0 aliphatic rings. The zero-order valence-corrected chi connectivity index (χ0v) is 13.5. The van der Waals surface area contributed by atoms with Crippen LogP contribution in [-0.2, 0) is 17.9 Å². The Bertz CT molecular complexity index is 897. The summed E-state index contributed by atoms with van der Waals surface area (Å²) in [6.07, 6.45) is 4.67. The molecule has 1 aromatic carbocycles. The third kappa shape index (κ3) is 4.28. The summed E-state index contributed by atoms with van der Waals surface area (Å²) in [5.41, 5.74) is 2.85. The zero-order chi connectivity index (χ0) is 17.8. The Labute approximate surface area is 143 Å². The molecule has 0 fully saturated rings. The van der Waals surface area contributed by atoms with Gasteiger partial charge in [-0.25, -0.2) is 0 Å². The fourth-order valence-corrected chi connectivity index (χ4v) is 2.28. The molecule has 2 heterocycles. The topological polar surface area (TPSA) is 108 Å². The van der Waals surface area contributed by atoms with E-state index >= 15 is 0 Å². The van der Waals surface area contributed by atoms with Gasteiger partial charge in [0.1, 0.15) is 6.54 Å². The molecule has 1 amide bonds. The lowest BCUT2D eigenvalue weighted by atomic mass is 10.1. The molecule has 0 radical (unpaired) electrons. The number of aryl methyl sites for hydroxylation is 1. The van der Waals surface area contributed by atoms with Crippen LogP contribution in [0.5, 0.6) is 0 Å². The molecule has 3 aromatic rings. The van der Waals surface area contributed by atoms with Gasteiger partial charge in [0.15, 0.2) is 0 Å². The first-order valence-corrected chi connectivity index (χ1v) is 7.55. The van der Waals surface area contributed by atoms with Crippen molar-refractivity contribution in [3.8, 4) is 0 Å². The molecule has 9 nitrogen and oxygen atoms in total. The summed E-state index contributed by atoms with van der Waals surface area (Å²) < 4.78 is 2.93. The summed E-state index contributed by atoms with van der Waals surface area (Å²) in [5.74, 6) is -0.633. The summed E-state index contributed by atoms with van der Waals surface area (Å²) in [4.78, 5) is 22.0. The van der Waals surface area contributed by atoms with Crippen molar-refractivity contribution in [1.29, 1.82) is 0 Å². The molecule has 9 heteroatoms. The van der Waals surface area contributed by atoms with E-state index in [0.717, 1.165) is 5.56 Å². The zero-order valence-electron chi connectivity index (χ0n) is 13.5. The molecule has 128 valence electrons. The maximum atomic E-state index is 12.0. The van der Waals surface area contributed by atoms with Gasteiger partial charge < -0.3 is 15.4 Å². The minimum absolute atomic E-state index is 0.114. The third-order valence-corrected chi connectivity index (χ3v) is 3.50. The highest BCUT2D eigenvalue weighted by molar-refractivity contribution is 5.90. The number of nitro groups is 1. The number of nitrogens with one attached hydrogen (secondary N) is 1. The summed E-state index contributed by atoms with van der Waals surface area (Å²) in [6, 6.07) is 9.36. The Morgan fingerprint density at radius 2 is 2.00 bits per heavy atom. The lowest BCUT2D eigenvalue weighted by Gasteiger charge is -2.02. The van der Waals surface area contributed by atoms with Gasteiger partial charge in [-0.15, -0.1) is 0 Å². The normalized spacial score (nSPS) is 10.6.